The van der Waals surface area contributed by atoms with Crippen molar-refractivity contribution in [3.05, 3.63) is 12.4 Å². The van der Waals surface area contributed by atoms with Crippen LogP contribution in [0.5, 0.6) is 0 Å². The quantitative estimate of drug-likeness (QED) is 0.712. The molecule has 1 fully saturated rings. The molecule has 1 aliphatic rings. The highest BCUT2D eigenvalue weighted by molar-refractivity contribution is 4.99. The summed E-state index contributed by atoms with van der Waals surface area (Å²) in [5.41, 5.74) is 0.144. The van der Waals surface area contributed by atoms with Crippen LogP contribution in [0.2, 0.25) is 0 Å². The lowest BCUT2D eigenvalue weighted by molar-refractivity contribution is 0.136. The Hall–Kier alpha value is -0.900. The summed E-state index contributed by atoms with van der Waals surface area (Å²) in [5.74, 6) is 0. The minimum atomic E-state index is 0.144. The Kier molecular flexibility index (Phi) is 3.42. The van der Waals surface area contributed by atoms with Crippen LogP contribution in [0.25, 0.3) is 0 Å². The standard InChI is InChI=1S/C7H11N3O.C2H6/c1-11-6-7(2-3-7)10-5-4-8-9-10;1-2/h4-5H,2-3,6H2,1H3;1-2H3. The molecule has 1 aromatic heterocycles. The van der Waals surface area contributed by atoms with Crippen molar-refractivity contribution >= 4 is 0 Å². The van der Waals surface area contributed by atoms with Gasteiger partial charge >= 0.3 is 0 Å². The molecule has 1 aromatic rings. The molecule has 0 N–H and O–H groups in total. The third kappa shape index (κ3) is 2.06. The molecular weight excluding hydrogens is 166 g/mol. The molecule has 0 aromatic carbocycles. The van der Waals surface area contributed by atoms with Crippen molar-refractivity contribution in [1.82, 2.24) is 15.0 Å². The largest absolute Gasteiger partial charge is 0.382 e. The normalized spacial score (nSPS) is 17.5. The SMILES string of the molecule is CC.COCC1(n2ccnn2)CC1. The maximum atomic E-state index is 5.10. The van der Waals surface area contributed by atoms with Crippen LogP contribution in [0.1, 0.15) is 26.7 Å². The Morgan fingerprint density at radius 2 is 2.15 bits per heavy atom. The van der Waals surface area contributed by atoms with E-state index < -0.39 is 0 Å². The van der Waals surface area contributed by atoms with E-state index >= 15 is 0 Å². The lowest BCUT2D eigenvalue weighted by Gasteiger charge is -2.12. The van der Waals surface area contributed by atoms with E-state index in [1.807, 2.05) is 24.7 Å². The zero-order valence-electron chi connectivity index (χ0n) is 8.53. The molecule has 0 saturated heterocycles. The first-order valence-electron chi connectivity index (χ1n) is 4.73. The van der Waals surface area contributed by atoms with Crippen LogP contribution in [0.4, 0.5) is 0 Å². The highest BCUT2D eigenvalue weighted by Gasteiger charge is 2.45. The molecule has 0 radical (unpaired) electrons. The predicted octanol–water partition coefficient (Wildman–Crippen LogP) is 1.44. The van der Waals surface area contributed by atoms with Crippen molar-refractivity contribution in [3.63, 3.8) is 0 Å². The van der Waals surface area contributed by atoms with Gasteiger partial charge in [-0.15, -0.1) is 5.10 Å². The average Bonchev–Trinajstić information content (AvgIpc) is 2.77. The van der Waals surface area contributed by atoms with Gasteiger partial charge in [-0.2, -0.15) is 0 Å². The molecule has 13 heavy (non-hydrogen) atoms. The smallest absolute Gasteiger partial charge is 0.0879 e. The molecule has 0 unspecified atom stereocenters. The second-order valence-corrected chi connectivity index (χ2v) is 3.00. The summed E-state index contributed by atoms with van der Waals surface area (Å²) in [7, 11) is 1.72. The van der Waals surface area contributed by atoms with Crippen molar-refractivity contribution in [2.24, 2.45) is 0 Å². The van der Waals surface area contributed by atoms with Gasteiger partial charge in [0.25, 0.3) is 0 Å². The highest BCUT2D eigenvalue weighted by atomic mass is 16.5. The van der Waals surface area contributed by atoms with Crippen molar-refractivity contribution in [3.8, 4) is 0 Å². The fraction of sp³-hybridized carbons (Fsp3) is 0.778. The number of ether oxygens (including phenoxy) is 1. The van der Waals surface area contributed by atoms with Gasteiger partial charge in [-0.3, -0.25) is 0 Å². The molecule has 0 spiro atoms. The van der Waals surface area contributed by atoms with Crippen LogP contribution in [0.3, 0.4) is 0 Å². The molecule has 0 aliphatic heterocycles. The summed E-state index contributed by atoms with van der Waals surface area (Å²) in [4.78, 5) is 0. The van der Waals surface area contributed by atoms with E-state index in [1.165, 1.54) is 0 Å². The second kappa shape index (κ2) is 4.37. The number of aromatic nitrogens is 3. The first-order valence-corrected chi connectivity index (χ1v) is 4.73. The lowest BCUT2D eigenvalue weighted by atomic mass is 10.3. The van der Waals surface area contributed by atoms with Crippen LogP contribution >= 0.6 is 0 Å². The zero-order chi connectivity index (χ0) is 9.73. The molecule has 1 saturated carbocycles. The Labute approximate surface area is 78.9 Å². The predicted molar refractivity (Wildman–Crippen MR) is 50.5 cm³/mol. The maximum absolute atomic E-state index is 5.10. The Bertz CT molecular complexity index is 229. The van der Waals surface area contributed by atoms with Crippen LogP contribution < -0.4 is 0 Å². The third-order valence-corrected chi connectivity index (χ3v) is 2.15. The van der Waals surface area contributed by atoms with Gasteiger partial charge < -0.3 is 4.74 Å². The summed E-state index contributed by atoms with van der Waals surface area (Å²) in [5, 5.41) is 7.72. The molecule has 2 rings (SSSR count). The summed E-state index contributed by atoms with van der Waals surface area (Å²) in [6, 6.07) is 0. The third-order valence-electron chi connectivity index (χ3n) is 2.15. The van der Waals surface area contributed by atoms with E-state index in [2.05, 4.69) is 10.3 Å². The molecule has 0 amide bonds. The van der Waals surface area contributed by atoms with Gasteiger partial charge in [0, 0.05) is 13.3 Å². The molecule has 4 nitrogen and oxygen atoms in total. The number of rotatable bonds is 3. The molecule has 74 valence electrons. The second-order valence-electron chi connectivity index (χ2n) is 3.00. The van der Waals surface area contributed by atoms with Crippen molar-refractivity contribution in [2.45, 2.75) is 32.2 Å². The summed E-state index contributed by atoms with van der Waals surface area (Å²) in [6.07, 6.45) is 5.91. The van der Waals surface area contributed by atoms with Crippen LogP contribution in [0.15, 0.2) is 12.4 Å². The first kappa shape index (κ1) is 10.2. The molecule has 1 heterocycles. The zero-order valence-corrected chi connectivity index (χ0v) is 8.53. The molecule has 1 aliphatic carbocycles. The maximum Gasteiger partial charge on any atom is 0.0879 e. The molecular formula is C9H17N3O. The van der Waals surface area contributed by atoms with E-state index in [9.17, 15) is 0 Å². The topological polar surface area (TPSA) is 39.9 Å². The summed E-state index contributed by atoms with van der Waals surface area (Å²) >= 11 is 0. The van der Waals surface area contributed by atoms with Crippen LogP contribution in [-0.4, -0.2) is 28.7 Å². The number of hydrogen-bond donors (Lipinski definition) is 0. The molecule has 0 bridgehead atoms. The Morgan fingerprint density at radius 1 is 1.46 bits per heavy atom. The Morgan fingerprint density at radius 3 is 2.54 bits per heavy atom. The highest BCUT2D eigenvalue weighted by Crippen LogP contribution is 2.42. The minimum absolute atomic E-state index is 0.144. The fourth-order valence-corrected chi connectivity index (χ4v) is 1.31. The number of hydrogen-bond acceptors (Lipinski definition) is 3. The van der Waals surface area contributed by atoms with E-state index in [-0.39, 0.29) is 5.54 Å². The molecule has 0 atom stereocenters. The number of nitrogens with zero attached hydrogens (tertiary/aromatic N) is 3. The van der Waals surface area contributed by atoms with Crippen molar-refractivity contribution in [1.29, 1.82) is 0 Å². The fourth-order valence-electron chi connectivity index (χ4n) is 1.31. The summed E-state index contributed by atoms with van der Waals surface area (Å²) in [6.45, 7) is 4.75. The lowest BCUT2D eigenvalue weighted by Crippen LogP contribution is -2.23. The van der Waals surface area contributed by atoms with Crippen LogP contribution in [0, 0.1) is 0 Å². The average molecular weight is 183 g/mol. The van der Waals surface area contributed by atoms with Gasteiger partial charge in [0.2, 0.25) is 0 Å². The first-order chi connectivity index (χ1) is 6.37. The van der Waals surface area contributed by atoms with E-state index in [4.69, 9.17) is 4.74 Å². The van der Waals surface area contributed by atoms with Gasteiger partial charge in [-0.05, 0) is 12.8 Å². The van der Waals surface area contributed by atoms with Gasteiger partial charge in [0.1, 0.15) is 0 Å². The van der Waals surface area contributed by atoms with Crippen molar-refractivity contribution in [2.75, 3.05) is 13.7 Å². The molecule has 4 heteroatoms. The monoisotopic (exact) mass is 183 g/mol. The minimum Gasteiger partial charge on any atom is -0.382 e. The van der Waals surface area contributed by atoms with E-state index in [0.717, 1.165) is 19.4 Å². The van der Waals surface area contributed by atoms with Crippen LogP contribution in [-0.2, 0) is 10.3 Å². The van der Waals surface area contributed by atoms with Gasteiger partial charge in [-0.1, -0.05) is 19.1 Å². The van der Waals surface area contributed by atoms with Gasteiger partial charge in [-0.25, -0.2) is 4.68 Å². The van der Waals surface area contributed by atoms with Gasteiger partial charge in [0.15, 0.2) is 0 Å². The van der Waals surface area contributed by atoms with E-state index in [0.29, 0.717) is 0 Å². The number of methoxy groups -OCH3 is 1. The summed E-state index contributed by atoms with van der Waals surface area (Å²) < 4.78 is 7.00. The van der Waals surface area contributed by atoms with Gasteiger partial charge in [0.05, 0.1) is 18.3 Å². The Balaban J connectivity index is 0.000000396. The van der Waals surface area contributed by atoms with E-state index in [1.54, 1.807) is 13.3 Å². The van der Waals surface area contributed by atoms with Crippen molar-refractivity contribution < 1.29 is 4.74 Å².